The molecule has 0 saturated carbocycles. The minimum atomic E-state index is -4.38. The quantitative estimate of drug-likeness (QED) is 0.793. The summed E-state index contributed by atoms with van der Waals surface area (Å²) in [5.41, 5.74) is 1.94. The number of rotatable bonds is 4. The molecule has 0 spiro atoms. The smallest absolute Gasteiger partial charge is 0.416 e. The van der Waals surface area contributed by atoms with E-state index in [4.69, 9.17) is 14.6 Å². The lowest BCUT2D eigenvalue weighted by Gasteiger charge is -2.19. The van der Waals surface area contributed by atoms with Crippen molar-refractivity contribution < 1.29 is 32.5 Å². The first-order valence-electron chi connectivity index (χ1n) is 9.09. The zero-order chi connectivity index (χ0) is 20.1. The maximum absolute atomic E-state index is 13.3. The van der Waals surface area contributed by atoms with Gasteiger partial charge in [0.1, 0.15) is 17.6 Å². The molecule has 4 rings (SSSR count). The average molecular weight is 392 g/mol. The van der Waals surface area contributed by atoms with E-state index in [2.05, 4.69) is 0 Å². The minimum absolute atomic E-state index is 0.0113. The van der Waals surface area contributed by atoms with Crippen LogP contribution < -0.4 is 9.47 Å². The second kappa shape index (κ2) is 6.72. The predicted octanol–water partition coefficient (Wildman–Crippen LogP) is 5.03. The molecule has 2 atom stereocenters. The Hall–Kier alpha value is -2.70. The Balaban J connectivity index is 1.59. The molecule has 0 radical (unpaired) electrons. The number of aliphatic carboxylic acids is 1. The molecule has 0 aromatic heterocycles. The van der Waals surface area contributed by atoms with Crippen LogP contribution in [0.2, 0.25) is 0 Å². The fraction of sp³-hybridized carbons (Fsp3) is 0.381. The summed E-state index contributed by atoms with van der Waals surface area (Å²) in [5, 5.41) is 8.98. The van der Waals surface area contributed by atoms with Crippen molar-refractivity contribution in [1.82, 2.24) is 0 Å². The number of benzene rings is 2. The summed E-state index contributed by atoms with van der Waals surface area (Å²) in [6, 6.07) is 7.83. The molecule has 4 nitrogen and oxygen atoms in total. The standard InChI is InChI=1S/C21H19F3O4/c1-11-2-6-16(21(22,23)24)15-5-7-17(20(11)15)28-13-3-4-14-12(8-19(25)26)10-27-18(14)9-13/h2-4,6,9,12,17H,5,7-8,10H2,1H3,(H,25,26)/t12-,17-/m1/s1. The highest BCUT2D eigenvalue weighted by Gasteiger charge is 2.38. The Morgan fingerprint density at radius 3 is 2.79 bits per heavy atom. The Morgan fingerprint density at radius 2 is 2.07 bits per heavy atom. The summed E-state index contributed by atoms with van der Waals surface area (Å²) in [5.74, 6) is -0.0160. The van der Waals surface area contributed by atoms with Crippen LogP contribution in [0.25, 0.3) is 0 Å². The third kappa shape index (κ3) is 3.30. The molecule has 7 heteroatoms. The Morgan fingerprint density at radius 1 is 1.29 bits per heavy atom. The van der Waals surface area contributed by atoms with Gasteiger partial charge in [-0.3, -0.25) is 4.79 Å². The molecule has 1 aliphatic carbocycles. The van der Waals surface area contributed by atoms with Crippen LogP contribution in [0.1, 0.15) is 52.7 Å². The maximum Gasteiger partial charge on any atom is 0.416 e. The highest BCUT2D eigenvalue weighted by Crippen LogP contribution is 2.45. The summed E-state index contributed by atoms with van der Waals surface area (Å²) in [6.45, 7) is 2.09. The molecule has 0 fully saturated rings. The van der Waals surface area contributed by atoms with Gasteiger partial charge in [-0.25, -0.2) is 0 Å². The van der Waals surface area contributed by atoms with Crippen molar-refractivity contribution in [3.05, 3.63) is 58.1 Å². The first-order valence-corrected chi connectivity index (χ1v) is 9.09. The number of alkyl halides is 3. The molecule has 1 aliphatic heterocycles. The van der Waals surface area contributed by atoms with Gasteiger partial charge in [-0.2, -0.15) is 13.2 Å². The van der Waals surface area contributed by atoms with Crippen molar-refractivity contribution in [2.24, 2.45) is 0 Å². The second-order valence-corrected chi connectivity index (χ2v) is 7.27. The first-order chi connectivity index (χ1) is 13.2. The van der Waals surface area contributed by atoms with Gasteiger partial charge in [-0.1, -0.05) is 12.1 Å². The highest BCUT2D eigenvalue weighted by molar-refractivity contribution is 5.68. The lowest BCUT2D eigenvalue weighted by atomic mass is 9.97. The molecular formula is C21H19F3O4. The zero-order valence-electron chi connectivity index (χ0n) is 15.2. The van der Waals surface area contributed by atoms with E-state index in [0.717, 1.165) is 17.2 Å². The number of fused-ring (bicyclic) bond motifs is 2. The lowest BCUT2D eigenvalue weighted by molar-refractivity contribution is -0.138. The van der Waals surface area contributed by atoms with Crippen molar-refractivity contribution in [2.75, 3.05) is 6.61 Å². The average Bonchev–Trinajstić information content (AvgIpc) is 3.19. The number of ether oxygens (including phenoxy) is 2. The molecule has 2 aliphatic rings. The van der Waals surface area contributed by atoms with Gasteiger partial charge < -0.3 is 14.6 Å². The van der Waals surface area contributed by atoms with Crippen molar-refractivity contribution in [1.29, 1.82) is 0 Å². The van der Waals surface area contributed by atoms with E-state index in [-0.39, 0.29) is 12.3 Å². The largest absolute Gasteiger partial charge is 0.492 e. The van der Waals surface area contributed by atoms with Crippen LogP contribution in [0.5, 0.6) is 11.5 Å². The Bertz CT molecular complexity index is 936. The van der Waals surface area contributed by atoms with Crippen LogP contribution in [0, 0.1) is 6.92 Å². The molecule has 1 heterocycles. The summed E-state index contributed by atoms with van der Waals surface area (Å²) in [7, 11) is 0. The predicted molar refractivity (Wildman–Crippen MR) is 94.8 cm³/mol. The first kappa shape index (κ1) is 18.7. The molecule has 0 saturated heterocycles. The Labute approximate surface area is 159 Å². The molecule has 0 bridgehead atoms. The monoisotopic (exact) mass is 392 g/mol. The summed E-state index contributed by atoms with van der Waals surface area (Å²) >= 11 is 0. The highest BCUT2D eigenvalue weighted by atomic mass is 19.4. The maximum atomic E-state index is 13.3. The third-order valence-corrected chi connectivity index (χ3v) is 5.42. The van der Waals surface area contributed by atoms with E-state index in [1.165, 1.54) is 6.07 Å². The molecule has 2 aromatic rings. The van der Waals surface area contributed by atoms with Gasteiger partial charge >= 0.3 is 12.1 Å². The van der Waals surface area contributed by atoms with Crippen molar-refractivity contribution >= 4 is 5.97 Å². The number of halogens is 3. The summed E-state index contributed by atoms with van der Waals surface area (Å²) in [4.78, 5) is 10.9. The fourth-order valence-electron chi connectivity index (χ4n) is 4.18. The molecular weight excluding hydrogens is 373 g/mol. The lowest BCUT2D eigenvalue weighted by Crippen LogP contribution is -2.11. The minimum Gasteiger partial charge on any atom is -0.492 e. The number of aryl methyl sites for hydroxylation is 1. The van der Waals surface area contributed by atoms with Crippen molar-refractivity contribution in [2.45, 2.75) is 44.4 Å². The van der Waals surface area contributed by atoms with Gasteiger partial charge in [0.2, 0.25) is 0 Å². The van der Waals surface area contributed by atoms with Gasteiger partial charge in [0, 0.05) is 17.5 Å². The molecule has 0 unspecified atom stereocenters. The molecule has 148 valence electrons. The SMILES string of the molecule is Cc1ccc(C(F)(F)F)c2c1[C@H](Oc1ccc3c(c1)OC[C@H]3CC(=O)O)CC2. The van der Waals surface area contributed by atoms with Gasteiger partial charge in [0.15, 0.2) is 0 Å². The van der Waals surface area contributed by atoms with Crippen LogP contribution in [0.4, 0.5) is 13.2 Å². The topological polar surface area (TPSA) is 55.8 Å². The molecule has 1 N–H and O–H groups in total. The third-order valence-electron chi connectivity index (χ3n) is 5.42. The van der Waals surface area contributed by atoms with E-state index in [1.54, 1.807) is 25.1 Å². The van der Waals surface area contributed by atoms with Crippen molar-refractivity contribution in [3.8, 4) is 11.5 Å². The molecule has 2 aromatic carbocycles. The normalized spacial score (nSPS) is 20.4. The number of hydrogen-bond acceptors (Lipinski definition) is 3. The molecule has 28 heavy (non-hydrogen) atoms. The van der Waals surface area contributed by atoms with E-state index in [1.807, 2.05) is 0 Å². The summed E-state index contributed by atoms with van der Waals surface area (Å²) < 4.78 is 51.5. The van der Waals surface area contributed by atoms with Crippen LogP contribution in [-0.2, 0) is 17.4 Å². The zero-order valence-corrected chi connectivity index (χ0v) is 15.2. The number of carboxylic acids is 1. The summed E-state index contributed by atoms with van der Waals surface area (Å²) in [6.07, 6.45) is -4.05. The van der Waals surface area contributed by atoms with Gasteiger partial charge in [0.05, 0.1) is 18.6 Å². The van der Waals surface area contributed by atoms with Gasteiger partial charge in [-0.05, 0) is 48.6 Å². The van der Waals surface area contributed by atoms with Crippen LogP contribution >= 0.6 is 0 Å². The molecule has 0 amide bonds. The van der Waals surface area contributed by atoms with E-state index < -0.39 is 23.8 Å². The van der Waals surface area contributed by atoms with E-state index in [9.17, 15) is 18.0 Å². The van der Waals surface area contributed by atoms with Gasteiger partial charge in [-0.15, -0.1) is 0 Å². The van der Waals surface area contributed by atoms with Crippen LogP contribution in [0.3, 0.4) is 0 Å². The Kier molecular flexibility index (Phi) is 4.48. The van der Waals surface area contributed by atoms with Crippen LogP contribution in [-0.4, -0.2) is 17.7 Å². The van der Waals surface area contributed by atoms with E-state index >= 15 is 0 Å². The van der Waals surface area contributed by atoms with Gasteiger partial charge in [0.25, 0.3) is 0 Å². The number of carboxylic acid groups (broad SMARTS) is 1. The van der Waals surface area contributed by atoms with Crippen LogP contribution in [0.15, 0.2) is 30.3 Å². The second-order valence-electron chi connectivity index (χ2n) is 7.27. The van der Waals surface area contributed by atoms with Crippen molar-refractivity contribution in [3.63, 3.8) is 0 Å². The van der Waals surface area contributed by atoms with E-state index in [0.29, 0.717) is 42.1 Å². The fourth-order valence-corrected chi connectivity index (χ4v) is 4.18. The number of carbonyl (C=O) groups is 1. The number of hydrogen-bond donors (Lipinski definition) is 1.